The van der Waals surface area contributed by atoms with Gasteiger partial charge < -0.3 is 15.0 Å². The standard InChI is InChI=1S/C22H23F5N4O2S/c23-34(24,25,26,27)17-3-1-14(2-4-17)22(33)31-9-6-13(7-10-31)18-5-8-28-21-19(18)29-20(30-21)15-11-16(32)12-15/h1-5,8,13,15-16,32H,6-7,9-12H2,(H,28,29,30)/t15-,16-. The van der Waals surface area contributed by atoms with Gasteiger partial charge in [-0.15, -0.1) is 0 Å². The molecule has 1 saturated carbocycles. The lowest BCUT2D eigenvalue weighted by Gasteiger charge is -2.40. The highest BCUT2D eigenvalue weighted by Crippen LogP contribution is 3.02. The van der Waals surface area contributed by atoms with Crippen LogP contribution in [0.3, 0.4) is 0 Å². The molecular weight excluding hydrogens is 479 g/mol. The molecule has 0 unspecified atom stereocenters. The summed E-state index contributed by atoms with van der Waals surface area (Å²) in [6.45, 7) is 0.755. The Morgan fingerprint density at radius 2 is 1.65 bits per heavy atom. The van der Waals surface area contributed by atoms with E-state index in [1.165, 1.54) is 4.90 Å². The largest absolute Gasteiger partial charge is 0.393 e. The molecule has 1 aromatic carbocycles. The molecule has 0 radical (unpaired) electrons. The van der Waals surface area contributed by atoms with Gasteiger partial charge in [0, 0.05) is 30.8 Å². The second-order valence-corrected chi connectivity index (χ2v) is 11.5. The first-order valence-electron chi connectivity index (χ1n) is 10.9. The molecule has 0 spiro atoms. The van der Waals surface area contributed by atoms with Crippen molar-refractivity contribution in [1.82, 2.24) is 19.9 Å². The van der Waals surface area contributed by atoms with Crippen molar-refractivity contribution in [3.05, 3.63) is 53.5 Å². The lowest BCUT2D eigenvalue weighted by Crippen LogP contribution is -2.38. The first-order valence-corrected chi connectivity index (χ1v) is 12.9. The summed E-state index contributed by atoms with van der Waals surface area (Å²) in [5.74, 6) is 0.621. The third kappa shape index (κ3) is 4.36. The number of aromatic nitrogens is 3. The number of piperidine rings is 1. The number of pyridine rings is 1. The van der Waals surface area contributed by atoms with Gasteiger partial charge in [0.2, 0.25) is 0 Å². The summed E-state index contributed by atoms with van der Waals surface area (Å²) in [7, 11) is -9.77. The van der Waals surface area contributed by atoms with E-state index in [1.54, 1.807) is 6.20 Å². The van der Waals surface area contributed by atoms with E-state index in [4.69, 9.17) is 4.98 Å². The highest BCUT2D eigenvalue weighted by Gasteiger charge is 2.65. The molecule has 3 heterocycles. The minimum atomic E-state index is -9.77. The van der Waals surface area contributed by atoms with Gasteiger partial charge in [-0.1, -0.05) is 19.4 Å². The number of halogens is 5. The highest BCUT2D eigenvalue weighted by atomic mass is 32.5. The quantitative estimate of drug-likeness (QED) is 0.437. The van der Waals surface area contributed by atoms with E-state index in [9.17, 15) is 29.3 Å². The number of aliphatic hydroxyl groups is 1. The number of carbonyl (C=O) groups is 1. The summed E-state index contributed by atoms with van der Waals surface area (Å²) in [5, 5.41) is 9.57. The summed E-state index contributed by atoms with van der Waals surface area (Å²) < 4.78 is 64.6. The van der Waals surface area contributed by atoms with Crippen LogP contribution in [0.4, 0.5) is 19.4 Å². The van der Waals surface area contributed by atoms with Crippen molar-refractivity contribution in [3.8, 4) is 0 Å². The Balaban J connectivity index is 1.28. The molecule has 2 aromatic heterocycles. The third-order valence-corrected chi connectivity index (χ3v) is 7.87. The Hall–Kier alpha value is -2.73. The normalized spacial score (nSPS) is 23.9. The van der Waals surface area contributed by atoms with Crippen LogP contribution in [0.1, 0.15) is 59.3 Å². The number of fused-ring (bicyclic) bond motifs is 1. The molecule has 1 aliphatic carbocycles. The number of hydrogen-bond donors (Lipinski definition) is 2. The summed E-state index contributed by atoms with van der Waals surface area (Å²) in [6.07, 6.45) is 3.98. The maximum absolute atomic E-state index is 12.9. The van der Waals surface area contributed by atoms with Gasteiger partial charge in [0.25, 0.3) is 5.91 Å². The molecule has 0 atom stereocenters. The van der Waals surface area contributed by atoms with Crippen LogP contribution < -0.4 is 0 Å². The molecule has 6 nitrogen and oxygen atoms in total. The molecule has 1 aliphatic heterocycles. The van der Waals surface area contributed by atoms with E-state index in [2.05, 4.69) is 9.97 Å². The summed E-state index contributed by atoms with van der Waals surface area (Å²) in [6, 6.07) is 4.05. The van der Waals surface area contributed by atoms with Gasteiger partial charge in [-0.3, -0.25) is 4.79 Å². The van der Waals surface area contributed by atoms with Crippen LogP contribution in [0.15, 0.2) is 41.4 Å². The van der Waals surface area contributed by atoms with Crippen LogP contribution in [-0.2, 0) is 0 Å². The maximum atomic E-state index is 12.9. The maximum Gasteiger partial charge on any atom is 0.310 e. The Morgan fingerprint density at radius 3 is 2.24 bits per heavy atom. The van der Waals surface area contributed by atoms with E-state index in [1.807, 2.05) is 6.07 Å². The van der Waals surface area contributed by atoms with Crippen molar-refractivity contribution in [2.75, 3.05) is 13.1 Å². The summed E-state index contributed by atoms with van der Waals surface area (Å²) >= 11 is 0. The Labute approximate surface area is 191 Å². The van der Waals surface area contributed by atoms with Crippen LogP contribution in [-0.4, -0.2) is 50.1 Å². The van der Waals surface area contributed by atoms with Gasteiger partial charge in [0.15, 0.2) is 5.65 Å². The molecule has 2 N–H and O–H groups in total. The number of carbonyl (C=O) groups excluding carboxylic acids is 1. The molecule has 1 amide bonds. The number of aliphatic hydroxyl groups excluding tert-OH is 1. The molecule has 2 aliphatic rings. The molecule has 12 heteroatoms. The number of hydrogen-bond acceptors (Lipinski definition) is 4. The van der Waals surface area contributed by atoms with Crippen molar-refractivity contribution >= 4 is 27.3 Å². The van der Waals surface area contributed by atoms with Gasteiger partial charge >= 0.3 is 10.2 Å². The molecule has 3 aromatic rings. The average Bonchev–Trinajstić information content (AvgIpc) is 3.19. The van der Waals surface area contributed by atoms with Crippen molar-refractivity contribution in [2.45, 2.75) is 48.5 Å². The average molecular weight is 503 g/mol. The number of amides is 1. The molecule has 0 bridgehead atoms. The van der Waals surface area contributed by atoms with Gasteiger partial charge in [0.1, 0.15) is 16.2 Å². The van der Waals surface area contributed by atoms with Crippen molar-refractivity contribution in [3.63, 3.8) is 0 Å². The van der Waals surface area contributed by atoms with Crippen LogP contribution >= 0.6 is 10.2 Å². The minimum absolute atomic E-state index is 0.0602. The third-order valence-electron chi connectivity index (χ3n) is 6.70. The van der Waals surface area contributed by atoms with E-state index < -0.39 is 21.0 Å². The van der Waals surface area contributed by atoms with Gasteiger partial charge in [-0.2, -0.15) is 0 Å². The number of aromatic amines is 1. The van der Waals surface area contributed by atoms with Gasteiger partial charge in [0.05, 0.1) is 6.10 Å². The molecular formula is C22H23F5N4O2S. The number of imidazole rings is 1. The van der Waals surface area contributed by atoms with E-state index in [-0.39, 0.29) is 35.6 Å². The molecule has 5 rings (SSSR count). The van der Waals surface area contributed by atoms with E-state index in [0.29, 0.717) is 44.4 Å². The van der Waals surface area contributed by atoms with E-state index >= 15 is 0 Å². The lowest BCUT2D eigenvalue weighted by atomic mass is 9.82. The van der Waals surface area contributed by atoms with Crippen molar-refractivity contribution in [1.29, 1.82) is 0 Å². The zero-order chi connectivity index (χ0) is 24.4. The number of nitrogens with zero attached hydrogens (tertiary/aromatic N) is 3. The van der Waals surface area contributed by atoms with Crippen molar-refractivity contribution < 1.29 is 29.3 Å². The highest BCUT2D eigenvalue weighted by molar-refractivity contribution is 8.45. The Kier molecular flexibility index (Phi) is 4.84. The van der Waals surface area contributed by atoms with Crippen LogP contribution in [0.5, 0.6) is 0 Å². The van der Waals surface area contributed by atoms with Crippen LogP contribution in [0.2, 0.25) is 0 Å². The van der Waals surface area contributed by atoms with Crippen LogP contribution in [0.25, 0.3) is 11.2 Å². The topological polar surface area (TPSA) is 82.1 Å². The minimum Gasteiger partial charge on any atom is -0.393 e. The Morgan fingerprint density at radius 1 is 1.00 bits per heavy atom. The fourth-order valence-corrected chi connectivity index (χ4v) is 5.36. The molecule has 34 heavy (non-hydrogen) atoms. The summed E-state index contributed by atoms with van der Waals surface area (Å²) in [4.78, 5) is 24.6. The Bertz CT molecular complexity index is 1250. The number of H-pyrrole nitrogens is 1. The fourth-order valence-electron chi connectivity index (χ4n) is 4.71. The van der Waals surface area contributed by atoms with Gasteiger partial charge in [-0.05, 0) is 67.5 Å². The predicted molar refractivity (Wildman–Crippen MR) is 118 cm³/mol. The number of benzene rings is 1. The zero-order valence-corrected chi connectivity index (χ0v) is 18.8. The molecule has 2 fully saturated rings. The molecule has 184 valence electrons. The lowest BCUT2D eigenvalue weighted by molar-refractivity contribution is 0.0709. The first-order chi connectivity index (χ1) is 15.8. The first kappa shape index (κ1) is 23.0. The monoisotopic (exact) mass is 502 g/mol. The molecule has 1 saturated heterocycles. The SMILES string of the molecule is O=C(c1ccc(S(F)(F)(F)(F)F)cc1)N1CCC(c2ccnc3[nH]c([C@H]4C[C@H](O)C4)nc23)CC1. The predicted octanol–water partition coefficient (Wildman–Crippen LogP) is 5.87. The number of rotatable bonds is 4. The second-order valence-electron chi connectivity index (χ2n) is 9.10. The zero-order valence-electron chi connectivity index (χ0n) is 17.9. The van der Waals surface area contributed by atoms with Gasteiger partial charge in [-0.25, -0.2) is 9.97 Å². The fraction of sp³-hybridized carbons (Fsp3) is 0.409. The number of likely N-dealkylation sites (tertiary alicyclic amines) is 1. The summed E-state index contributed by atoms with van der Waals surface area (Å²) in [5.41, 5.74) is 2.40. The number of nitrogens with one attached hydrogen (secondary N) is 1. The van der Waals surface area contributed by atoms with E-state index in [0.717, 1.165) is 29.0 Å². The van der Waals surface area contributed by atoms with Crippen molar-refractivity contribution in [2.24, 2.45) is 0 Å². The van der Waals surface area contributed by atoms with Crippen LogP contribution in [0, 0.1) is 0 Å². The smallest absolute Gasteiger partial charge is 0.310 e. The second kappa shape index (κ2) is 7.14.